The van der Waals surface area contributed by atoms with Crippen LogP contribution < -0.4 is 5.73 Å². The summed E-state index contributed by atoms with van der Waals surface area (Å²) in [5.41, 5.74) is 6.04. The Kier molecular flexibility index (Phi) is 2.98. The van der Waals surface area contributed by atoms with Crippen LogP contribution in [0.1, 0.15) is 20.3 Å². The molecule has 0 radical (unpaired) electrons. The molecule has 2 N–H and O–H groups in total. The zero-order valence-corrected chi connectivity index (χ0v) is 9.65. The number of hydrogen-bond acceptors (Lipinski definition) is 3. The van der Waals surface area contributed by atoms with Crippen molar-refractivity contribution in [2.75, 3.05) is 26.2 Å². The van der Waals surface area contributed by atoms with Crippen LogP contribution in [-0.4, -0.2) is 54.0 Å². The smallest absolute Gasteiger partial charge is 0.228 e. The Hall–Kier alpha value is -0.610. The van der Waals surface area contributed by atoms with E-state index >= 15 is 0 Å². The van der Waals surface area contributed by atoms with E-state index in [4.69, 9.17) is 5.73 Å². The predicted molar refractivity (Wildman–Crippen MR) is 59.4 cm³/mol. The second-order valence-corrected chi connectivity index (χ2v) is 5.00. The molecule has 0 aromatic rings. The van der Waals surface area contributed by atoms with Crippen molar-refractivity contribution in [1.82, 2.24) is 9.80 Å². The van der Waals surface area contributed by atoms with Gasteiger partial charge in [0.2, 0.25) is 5.91 Å². The Labute approximate surface area is 91.4 Å². The lowest BCUT2D eigenvalue weighted by Crippen LogP contribution is -2.49. The number of nitrogens with two attached hydrogens (primary N) is 1. The first-order valence-corrected chi connectivity index (χ1v) is 5.88. The van der Waals surface area contributed by atoms with Gasteiger partial charge in [-0.3, -0.25) is 9.69 Å². The lowest BCUT2D eigenvalue weighted by molar-refractivity contribution is -0.139. The van der Waals surface area contributed by atoms with Crippen molar-refractivity contribution < 1.29 is 4.79 Å². The van der Waals surface area contributed by atoms with Crippen molar-refractivity contribution in [3.05, 3.63) is 0 Å². The topological polar surface area (TPSA) is 49.6 Å². The Morgan fingerprint density at radius 2 is 2.00 bits per heavy atom. The average molecular weight is 211 g/mol. The fraction of sp³-hybridized carbons (Fsp3) is 0.909. The molecule has 4 heteroatoms. The van der Waals surface area contributed by atoms with E-state index in [0.717, 1.165) is 32.6 Å². The van der Waals surface area contributed by atoms with Gasteiger partial charge in [0, 0.05) is 38.3 Å². The van der Waals surface area contributed by atoms with Gasteiger partial charge in [-0.15, -0.1) is 0 Å². The van der Waals surface area contributed by atoms with E-state index in [1.807, 2.05) is 4.90 Å². The van der Waals surface area contributed by atoms with E-state index in [-0.39, 0.29) is 17.9 Å². The Balaban J connectivity index is 1.95. The van der Waals surface area contributed by atoms with Gasteiger partial charge < -0.3 is 10.6 Å². The molecule has 4 nitrogen and oxygen atoms in total. The highest BCUT2D eigenvalue weighted by Crippen LogP contribution is 2.22. The van der Waals surface area contributed by atoms with Crippen LogP contribution in [0.4, 0.5) is 0 Å². The molecule has 2 aliphatic rings. The first kappa shape index (κ1) is 10.9. The lowest BCUT2D eigenvalue weighted by Gasteiger charge is -2.34. The summed E-state index contributed by atoms with van der Waals surface area (Å²) in [6.07, 6.45) is 1.15. The summed E-state index contributed by atoms with van der Waals surface area (Å²) in [5.74, 6) is 0.310. The van der Waals surface area contributed by atoms with Gasteiger partial charge in [-0.25, -0.2) is 0 Å². The van der Waals surface area contributed by atoms with Gasteiger partial charge in [-0.1, -0.05) is 0 Å². The summed E-state index contributed by atoms with van der Waals surface area (Å²) in [6, 6.07) is 0.519. The number of hydrogen-bond donors (Lipinski definition) is 1. The molecule has 0 aromatic carbocycles. The van der Waals surface area contributed by atoms with Crippen LogP contribution >= 0.6 is 0 Å². The molecule has 1 amide bonds. The van der Waals surface area contributed by atoms with Gasteiger partial charge >= 0.3 is 0 Å². The van der Waals surface area contributed by atoms with Gasteiger partial charge in [0.1, 0.15) is 0 Å². The maximum atomic E-state index is 12.0. The maximum absolute atomic E-state index is 12.0. The summed E-state index contributed by atoms with van der Waals surface area (Å²) in [4.78, 5) is 16.3. The highest BCUT2D eigenvalue weighted by molar-refractivity contribution is 5.80. The summed E-state index contributed by atoms with van der Waals surface area (Å²) in [6.45, 7) is 7.88. The zero-order chi connectivity index (χ0) is 11.0. The number of rotatable bonds is 2. The number of carbonyl (C=O) groups is 1. The van der Waals surface area contributed by atoms with Crippen molar-refractivity contribution in [1.29, 1.82) is 0 Å². The maximum Gasteiger partial charge on any atom is 0.228 e. The molecular formula is C11H21N3O. The largest absolute Gasteiger partial charge is 0.342 e. The molecular weight excluding hydrogens is 190 g/mol. The van der Waals surface area contributed by atoms with Gasteiger partial charge in [0.05, 0.1) is 5.92 Å². The molecule has 2 rings (SSSR count). The van der Waals surface area contributed by atoms with Crippen LogP contribution in [-0.2, 0) is 4.79 Å². The highest BCUT2D eigenvalue weighted by Gasteiger charge is 2.39. The third-order valence-electron chi connectivity index (χ3n) is 3.61. The molecule has 0 aliphatic carbocycles. The van der Waals surface area contributed by atoms with Gasteiger partial charge in [-0.2, -0.15) is 0 Å². The SMILES string of the molecule is CC(C)N1CC(N)C(C(=O)N2CCC2)C1. The van der Waals surface area contributed by atoms with E-state index in [2.05, 4.69) is 18.7 Å². The minimum Gasteiger partial charge on any atom is -0.342 e. The highest BCUT2D eigenvalue weighted by atomic mass is 16.2. The van der Waals surface area contributed by atoms with E-state index in [0.29, 0.717) is 6.04 Å². The molecule has 2 fully saturated rings. The standard InChI is InChI=1S/C11H21N3O/c1-8(2)14-6-9(10(12)7-14)11(15)13-4-3-5-13/h8-10H,3-7,12H2,1-2H3. The van der Waals surface area contributed by atoms with Crippen molar-refractivity contribution in [2.24, 2.45) is 11.7 Å². The third-order valence-corrected chi connectivity index (χ3v) is 3.61. The van der Waals surface area contributed by atoms with Crippen molar-refractivity contribution in [3.63, 3.8) is 0 Å². The van der Waals surface area contributed by atoms with Gasteiger partial charge in [0.15, 0.2) is 0 Å². The predicted octanol–water partition coefficient (Wildman–Crippen LogP) is -0.114. The Morgan fingerprint density at radius 1 is 1.33 bits per heavy atom. The summed E-state index contributed by atoms with van der Waals surface area (Å²) in [5, 5.41) is 0. The molecule has 2 heterocycles. The summed E-state index contributed by atoms with van der Waals surface area (Å²) in [7, 11) is 0. The van der Waals surface area contributed by atoms with Gasteiger partial charge in [-0.05, 0) is 20.3 Å². The van der Waals surface area contributed by atoms with Crippen LogP contribution in [0.2, 0.25) is 0 Å². The van der Waals surface area contributed by atoms with Gasteiger partial charge in [0.25, 0.3) is 0 Å². The molecule has 2 atom stereocenters. The van der Waals surface area contributed by atoms with E-state index < -0.39 is 0 Å². The fourth-order valence-corrected chi connectivity index (χ4v) is 2.31. The molecule has 0 saturated carbocycles. The minimum absolute atomic E-state index is 0.0282. The average Bonchev–Trinajstić information content (AvgIpc) is 2.44. The second kappa shape index (κ2) is 4.10. The molecule has 0 spiro atoms. The minimum atomic E-state index is 0.0282. The van der Waals surface area contributed by atoms with Crippen molar-refractivity contribution in [3.8, 4) is 0 Å². The normalized spacial score (nSPS) is 32.1. The van der Waals surface area contributed by atoms with E-state index in [9.17, 15) is 4.79 Å². The third kappa shape index (κ3) is 2.01. The number of nitrogens with zero attached hydrogens (tertiary/aromatic N) is 2. The molecule has 0 bridgehead atoms. The lowest BCUT2D eigenvalue weighted by atomic mass is 10.0. The molecule has 2 aliphatic heterocycles. The first-order chi connectivity index (χ1) is 7.09. The Morgan fingerprint density at radius 3 is 2.40 bits per heavy atom. The molecule has 0 aromatic heterocycles. The number of amides is 1. The van der Waals surface area contributed by atoms with Crippen LogP contribution in [0.5, 0.6) is 0 Å². The quantitative estimate of drug-likeness (QED) is 0.693. The molecule has 86 valence electrons. The van der Waals surface area contributed by atoms with Crippen LogP contribution in [0.25, 0.3) is 0 Å². The van der Waals surface area contributed by atoms with Crippen LogP contribution in [0.3, 0.4) is 0 Å². The molecule has 2 unspecified atom stereocenters. The molecule has 15 heavy (non-hydrogen) atoms. The fourth-order valence-electron chi connectivity index (χ4n) is 2.31. The zero-order valence-electron chi connectivity index (χ0n) is 9.65. The number of carbonyl (C=O) groups excluding carboxylic acids is 1. The summed E-state index contributed by atoms with van der Waals surface area (Å²) < 4.78 is 0. The van der Waals surface area contributed by atoms with Crippen LogP contribution in [0.15, 0.2) is 0 Å². The monoisotopic (exact) mass is 211 g/mol. The molecule has 2 saturated heterocycles. The summed E-state index contributed by atoms with van der Waals surface area (Å²) >= 11 is 0. The number of likely N-dealkylation sites (tertiary alicyclic amines) is 2. The van der Waals surface area contributed by atoms with Crippen molar-refractivity contribution >= 4 is 5.91 Å². The Bertz CT molecular complexity index is 250. The second-order valence-electron chi connectivity index (χ2n) is 5.00. The van der Waals surface area contributed by atoms with Crippen molar-refractivity contribution in [2.45, 2.75) is 32.4 Å². The van der Waals surface area contributed by atoms with E-state index in [1.165, 1.54) is 0 Å². The van der Waals surface area contributed by atoms with Crippen LogP contribution in [0, 0.1) is 5.92 Å². The first-order valence-electron chi connectivity index (χ1n) is 5.88. The van der Waals surface area contributed by atoms with E-state index in [1.54, 1.807) is 0 Å².